The molecule has 1 atom stereocenters. The van der Waals surface area contributed by atoms with Gasteiger partial charge in [0.1, 0.15) is 0 Å². The smallest absolute Gasteiger partial charge is 0.0411 e. The number of rotatable bonds is 9. The van der Waals surface area contributed by atoms with Gasteiger partial charge in [0, 0.05) is 11.1 Å². The lowest BCUT2D eigenvalue weighted by atomic mass is 9.98. The van der Waals surface area contributed by atoms with E-state index in [-0.39, 0.29) is 0 Å². The molecule has 108 valence electrons. The molecule has 2 heteroatoms. The molecule has 0 saturated heterocycles. The van der Waals surface area contributed by atoms with Gasteiger partial charge in [0.05, 0.1) is 0 Å². The fourth-order valence-corrected chi connectivity index (χ4v) is 2.85. The van der Waals surface area contributed by atoms with Crippen LogP contribution in [0.3, 0.4) is 0 Å². The quantitative estimate of drug-likeness (QED) is 0.576. The van der Waals surface area contributed by atoms with Gasteiger partial charge in [0.15, 0.2) is 0 Å². The summed E-state index contributed by atoms with van der Waals surface area (Å²) in [6.45, 7) is 7.54. The Balaban J connectivity index is 2.55. The third-order valence-corrected chi connectivity index (χ3v) is 3.73. The Morgan fingerprint density at radius 3 is 2.42 bits per heavy atom. The molecule has 19 heavy (non-hydrogen) atoms. The molecule has 0 fully saturated rings. The molecule has 0 bridgehead atoms. The van der Waals surface area contributed by atoms with Gasteiger partial charge < -0.3 is 5.32 Å². The van der Waals surface area contributed by atoms with Crippen molar-refractivity contribution in [3.8, 4) is 0 Å². The highest BCUT2D eigenvalue weighted by Gasteiger charge is 2.11. The maximum absolute atomic E-state index is 6.17. The predicted octanol–water partition coefficient (Wildman–Crippen LogP) is 5.66. The molecule has 0 aliphatic rings. The van der Waals surface area contributed by atoms with Crippen LogP contribution >= 0.6 is 11.6 Å². The lowest BCUT2D eigenvalue weighted by Gasteiger charge is -2.19. The van der Waals surface area contributed by atoms with Crippen LogP contribution in [0.4, 0.5) is 0 Å². The van der Waals surface area contributed by atoms with Gasteiger partial charge in [-0.3, -0.25) is 0 Å². The van der Waals surface area contributed by atoms with Crippen molar-refractivity contribution in [1.82, 2.24) is 5.32 Å². The molecule has 1 rings (SSSR count). The number of hydrogen-bond acceptors (Lipinski definition) is 1. The average Bonchev–Trinajstić information content (AvgIpc) is 2.36. The summed E-state index contributed by atoms with van der Waals surface area (Å²) >= 11 is 6.17. The second kappa shape index (κ2) is 9.39. The van der Waals surface area contributed by atoms with Crippen molar-refractivity contribution in [3.05, 3.63) is 34.3 Å². The van der Waals surface area contributed by atoms with Gasteiger partial charge in [0.25, 0.3) is 0 Å². The SMILES string of the molecule is CCCCCCCC(NCC)c1cc(C)cc(Cl)c1. The van der Waals surface area contributed by atoms with Crippen LogP contribution in [0.2, 0.25) is 5.02 Å². The molecule has 1 N–H and O–H groups in total. The number of aryl methyl sites for hydroxylation is 1. The monoisotopic (exact) mass is 281 g/mol. The molecule has 0 spiro atoms. The molecule has 0 aliphatic carbocycles. The van der Waals surface area contributed by atoms with Crippen LogP contribution in [-0.2, 0) is 0 Å². The number of unbranched alkanes of at least 4 members (excludes halogenated alkanes) is 4. The molecule has 0 amide bonds. The van der Waals surface area contributed by atoms with Crippen LogP contribution in [0.15, 0.2) is 18.2 Å². The van der Waals surface area contributed by atoms with E-state index in [0.29, 0.717) is 6.04 Å². The normalized spacial score (nSPS) is 12.6. The molecular weight excluding hydrogens is 254 g/mol. The molecule has 1 nitrogen and oxygen atoms in total. The van der Waals surface area contributed by atoms with Gasteiger partial charge in [-0.25, -0.2) is 0 Å². The first-order valence-corrected chi connectivity index (χ1v) is 8.05. The zero-order chi connectivity index (χ0) is 14.1. The van der Waals surface area contributed by atoms with E-state index in [2.05, 4.69) is 38.2 Å². The first-order chi connectivity index (χ1) is 9.17. The van der Waals surface area contributed by atoms with Gasteiger partial charge in [-0.2, -0.15) is 0 Å². The number of benzene rings is 1. The van der Waals surface area contributed by atoms with Crippen LogP contribution < -0.4 is 5.32 Å². The first-order valence-electron chi connectivity index (χ1n) is 7.67. The van der Waals surface area contributed by atoms with Crippen LogP contribution in [0.25, 0.3) is 0 Å². The van der Waals surface area contributed by atoms with E-state index in [1.54, 1.807) is 0 Å². The van der Waals surface area contributed by atoms with Gasteiger partial charge in [-0.05, 0) is 43.1 Å². The zero-order valence-electron chi connectivity index (χ0n) is 12.6. The number of hydrogen-bond donors (Lipinski definition) is 1. The van der Waals surface area contributed by atoms with Crippen LogP contribution in [-0.4, -0.2) is 6.54 Å². The molecule has 0 radical (unpaired) electrons. The highest BCUT2D eigenvalue weighted by Crippen LogP contribution is 2.24. The maximum Gasteiger partial charge on any atom is 0.0411 e. The Morgan fingerprint density at radius 1 is 1.05 bits per heavy atom. The minimum Gasteiger partial charge on any atom is -0.310 e. The van der Waals surface area contributed by atoms with Crippen molar-refractivity contribution in [2.24, 2.45) is 0 Å². The van der Waals surface area contributed by atoms with E-state index in [4.69, 9.17) is 11.6 Å². The molecular formula is C17H28ClN. The van der Waals surface area contributed by atoms with Gasteiger partial charge in [-0.1, -0.05) is 63.6 Å². The van der Waals surface area contributed by atoms with Crippen LogP contribution in [0.1, 0.15) is 69.5 Å². The number of halogens is 1. The fraction of sp³-hybridized carbons (Fsp3) is 0.647. The second-order valence-electron chi connectivity index (χ2n) is 5.38. The lowest BCUT2D eigenvalue weighted by molar-refractivity contribution is 0.478. The van der Waals surface area contributed by atoms with Crippen LogP contribution in [0.5, 0.6) is 0 Å². The standard InChI is InChI=1S/C17H28ClN/c1-4-6-7-8-9-10-17(19-5-2)15-11-14(3)12-16(18)13-15/h11-13,17,19H,4-10H2,1-3H3. The molecule has 0 aliphatic heterocycles. The number of nitrogens with one attached hydrogen (secondary N) is 1. The summed E-state index contributed by atoms with van der Waals surface area (Å²) in [4.78, 5) is 0. The van der Waals surface area contributed by atoms with Crippen molar-refractivity contribution < 1.29 is 0 Å². The Kier molecular flexibility index (Phi) is 8.16. The van der Waals surface area contributed by atoms with Crippen molar-refractivity contribution in [2.75, 3.05) is 6.54 Å². The summed E-state index contributed by atoms with van der Waals surface area (Å²) < 4.78 is 0. The minimum atomic E-state index is 0.448. The summed E-state index contributed by atoms with van der Waals surface area (Å²) in [6, 6.07) is 6.83. The average molecular weight is 282 g/mol. The van der Waals surface area contributed by atoms with Crippen molar-refractivity contribution >= 4 is 11.6 Å². The second-order valence-corrected chi connectivity index (χ2v) is 5.81. The largest absolute Gasteiger partial charge is 0.310 e. The first kappa shape index (κ1) is 16.5. The Morgan fingerprint density at radius 2 is 1.79 bits per heavy atom. The summed E-state index contributed by atoms with van der Waals surface area (Å²) in [5, 5.41) is 4.44. The minimum absolute atomic E-state index is 0.448. The maximum atomic E-state index is 6.17. The van der Waals surface area contributed by atoms with Crippen LogP contribution in [0, 0.1) is 6.92 Å². The summed E-state index contributed by atoms with van der Waals surface area (Å²) in [7, 11) is 0. The molecule has 1 aromatic rings. The van der Waals surface area contributed by atoms with E-state index >= 15 is 0 Å². The summed E-state index contributed by atoms with van der Waals surface area (Å²) in [6.07, 6.45) is 7.88. The van der Waals surface area contributed by atoms with Crippen molar-refractivity contribution in [3.63, 3.8) is 0 Å². The highest BCUT2D eigenvalue weighted by atomic mass is 35.5. The summed E-state index contributed by atoms with van der Waals surface area (Å²) in [5.74, 6) is 0. The third-order valence-electron chi connectivity index (χ3n) is 3.51. The highest BCUT2D eigenvalue weighted by molar-refractivity contribution is 6.30. The Hall–Kier alpha value is -0.530. The van der Waals surface area contributed by atoms with Crippen molar-refractivity contribution in [2.45, 2.75) is 65.3 Å². The van der Waals surface area contributed by atoms with E-state index in [0.717, 1.165) is 11.6 Å². The molecule has 0 heterocycles. The fourth-order valence-electron chi connectivity index (χ4n) is 2.55. The lowest BCUT2D eigenvalue weighted by Crippen LogP contribution is -2.21. The zero-order valence-corrected chi connectivity index (χ0v) is 13.4. The molecule has 1 unspecified atom stereocenters. The van der Waals surface area contributed by atoms with E-state index in [9.17, 15) is 0 Å². The molecule has 0 saturated carbocycles. The summed E-state index contributed by atoms with van der Waals surface area (Å²) in [5.41, 5.74) is 2.58. The Labute approximate surface area is 123 Å². The van der Waals surface area contributed by atoms with Gasteiger partial charge in [0.2, 0.25) is 0 Å². The van der Waals surface area contributed by atoms with E-state index in [1.165, 1.54) is 49.7 Å². The van der Waals surface area contributed by atoms with E-state index < -0.39 is 0 Å². The van der Waals surface area contributed by atoms with Gasteiger partial charge >= 0.3 is 0 Å². The predicted molar refractivity (Wildman–Crippen MR) is 86.0 cm³/mol. The third kappa shape index (κ3) is 6.44. The van der Waals surface area contributed by atoms with E-state index in [1.807, 2.05) is 6.07 Å². The van der Waals surface area contributed by atoms with Gasteiger partial charge in [-0.15, -0.1) is 0 Å². The molecule has 0 aromatic heterocycles. The molecule has 1 aromatic carbocycles. The topological polar surface area (TPSA) is 12.0 Å². The van der Waals surface area contributed by atoms with Crippen molar-refractivity contribution in [1.29, 1.82) is 0 Å². The Bertz CT molecular complexity index is 342.